The molecule has 0 bridgehead atoms. The van der Waals surface area contributed by atoms with E-state index < -0.39 is 0 Å². The lowest BCUT2D eigenvalue weighted by atomic mass is 9.88. The third-order valence-electron chi connectivity index (χ3n) is 4.74. The highest BCUT2D eigenvalue weighted by Gasteiger charge is 2.33. The molecule has 0 saturated heterocycles. The summed E-state index contributed by atoms with van der Waals surface area (Å²) < 4.78 is 0. The molecule has 1 atom stereocenters. The Morgan fingerprint density at radius 3 is 2.54 bits per heavy atom. The topological polar surface area (TPSA) is 60.8 Å². The van der Waals surface area contributed by atoms with Gasteiger partial charge in [0.1, 0.15) is 11.5 Å². The Kier molecular flexibility index (Phi) is 3.85. The van der Waals surface area contributed by atoms with Crippen molar-refractivity contribution < 1.29 is 15.0 Å². The molecular formula is C21H16ClNO3. The molecule has 0 unspecified atom stereocenters. The average molecular weight is 366 g/mol. The Morgan fingerprint density at radius 1 is 1.00 bits per heavy atom. The molecule has 4 rings (SSSR count). The molecule has 0 saturated carbocycles. The molecule has 2 N–H and O–H groups in total. The number of anilines is 1. The van der Waals surface area contributed by atoms with Crippen molar-refractivity contribution in [3.8, 4) is 22.6 Å². The van der Waals surface area contributed by atoms with Crippen LogP contribution in [0.4, 0.5) is 5.69 Å². The van der Waals surface area contributed by atoms with Gasteiger partial charge in [-0.15, -0.1) is 0 Å². The van der Waals surface area contributed by atoms with Gasteiger partial charge in [-0.2, -0.15) is 0 Å². The van der Waals surface area contributed by atoms with Gasteiger partial charge in [0.15, 0.2) is 0 Å². The smallest absolute Gasteiger partial charge is 0.262 e. The fraction of sp³-hybridized carbons (Fsp3) is 0.0952. The minimum absolute atomic E-state index is 0.0977. The zero-order chi connectivity index (χ0) is 18.4. The Morgan fingerprint density at radius 2 is 1.77 bits per heavy atom. The first kappa shape index (κ1) is 16.5. The van der Waals surface area contributed by atoms with E-state index >= 15 is 0 Å². The lowest BCUT2D eigenvalue weighted by molar-refractivity contribution is 0.0975. The molecule has 130 valence electrons. The van der Waals surface area contributed by atoms with Gasteiger partial charge in [-0.25, -0.2) is 0 Å². The van der Waals surface area contributed by atoms with Gasteiger partial charge >= 0.3 is 0 Å². The Labute approximate surface area is 155 Å². The van der Waals surface area contributed by atoms with Crippen LogP contribution in [0.1, 0.15) is 28.9 Å². The molecule has 1 amide bonds. The fourth-order valence-corrected chi connectivity index (χ4v) is 3.67. The van der Waals surface area contributed by atoms with Gasteiger partial charge in [-0.3, -0.25) is 4.79 Å². The number of aromatic hydroxyl groups is 2. The van der Waals surface area contributed by atoms with Gasteiger partial charge in [0, 0.05) is 16.7 Å². The van der Waals surface area contributed by atoms with Crippen molar-refractivity contribution in [3.05, 3.63) is 76.8 Å². The first-order chi connectivity index (χ1) is 12.5. The lowest BCUT2D eigenvalue weighted by Crippen LogP contribution is -2.36. The second-order valence-electron chi connectivity index (χ2n) is 6.30. The number of carbonyl (C=O) groups is 1. The number of hydrogen-bond donors (Lipinski definition) is 2. The summed E-state index contributed by atoms with van der Waals surface area (Å²) in [5.74, 6) is -0.711. The highest BCUT2D eigenvalue weighted by atomic mass is 35.5. The Hall–Kier alpha value is -2.98. The minimum atomic E-state index is -0.354. The molecule has 0 radical (unpaired) electrons. The minimum Gasteiger partial charge on any atom is -0.508 e. The summed E-state index contributed by atoms with van der Waals surface area (Å²) in [5.41, 5.74) is 3.82. The van der Waals surface area contributed by atoms with Crippen molar-refractivity contribution >= 4 is 23.2 Å². The van der Waals surface area contributed by atoms with E-state index in [1.165, 1.54) is 12.1 Å². The van der Waals surface area contributed by atoms with Crippen molar-refractivity contribution in [3.63, 3.8) is 0 Å². The van der Waals surface area contributed by atoms with Crippen LogP contribution in [0.25, 0.3) is 11.1 Å². The quantitative estimate of drug-likeness (QED) is 0.627. The van der Waals surface area contributed by atoms with Crippen molar-refractivity contribution in [1.82, 2.24) is 0 Å². The van der Waals surface area contributed by atoms with Gasteiger partial charge in [0.05, 0.1) is 17.3 Å². The predicted octanol–water partition coefficient (Wildman–Crippen LogP) is 5.14. The fourth-order valence-electron chi connectivity index (χ4n) is 3.50. The third-order valence-corrected chi connectivity index (χ3v) is 4.97. The largest absolute Gasteiger partial charge is 0.508 e. The van der Waals surface area contributed by atoms with E-state index in [1.54, 1.807) is 17.0 Å². The maximum absolute atomic E-state index is 13.3. The first-order valence-corrected chi connectivity index (χ1v) is 8.59. The second kappa shape index (κ2) is 6.07. The lowest BCUT2D eigenvalue weighted by Gasteiger charge is -2.37. The molecule has 3 aromatic rings. The molecule has 1 aliphatic heterocycles. The molecular weight excluding hydrogens is 350 g/mol. The van der Waals surface area contributed by atoms with Crippen molar-refractivity contribution in [2.45, 2.75) is 13.0 Å². The predicted molar refractivity (Wildman–Crippen MR) is 102 cm³/mol. The molecule has 0 aliphatic carbocycles. The number of rotatable bonds is 1. The number of amides is 1. The molecule has 1 aliphatic rings. The van der Waals surface area contributed by atoms with E-state index in [1.807, 2.05) is 37.3 Å². The van der Waals surface area contributed by atoms with Crippen molar-refractivity contribution in [2.24, 2.45) is 0 Å². The number of nitrogens with zero attached hydrogens (tertiary/aromatic N) is 1. The SMILES string of the molecule is C[C@H]1c2ccccc2-c2ccc(Cl)cc2N1C(=O)c1ccc(O)cc1O. The van der Waals surface area contributed by atoms with E-state index in [9.17, 15) is 15.0 Å². The van der Waals surface area contributed by atoms with Gasteiger partial charge in [-0.1, -0.05) is 41.9 Å². The summed E-state index contributed by atoms with van der Waals surface area (Å²) in [6.07, 6.45) is 0. The average Bonchev–Trinajstić information content (AvgIpc) is 2.61. The summed E-state index contributed by atoms with van der Waals surface area (Å²) in [5, 5.41) is 20.2. The van der Waals surface area contributed by atoms with Crippen LogP contribution in [0.2, 0.25) is 5.02 Å². The van der Waals surface area contributed by atoms with E-state index in [-0.39, 0.29) is 29.0 Å². The van der Waals surface area contributed by atoms with Crippen LogP contribution in [0.15, 0.2) is 60.7 Å². The molecule has 0 spiro atoms. The van der Waals surface area contributed by atoms with Crippen LogP contribution in [0, 0.1) is 0 Å². The molecule has 4 nitrogen and oxygen atoms in total. The molecule has 26 heavy (non-hydrogen) atoms. The normalized spacial score (nSPS) is 15.3. The third kappa shape index (κ3) is 2.50. The van der Waals surface area contributed by atoms with Crippen molar-refractivity contribution in [1.29, 1.82) is 0 Å². The summed E-state index contributed by atoms with van der Waals surface area (Å²) in [6.45, 7) is 1.94. The molecule has 0 aromatic heterocycles. The van der Waals surface area contributed by atoms with Gasteiger partial charge in [0.2, 0.25) is 0 Å². The van der Waals surface area contributed by atoms with Crippen LogP contribution < -0.4 is 4.90 Å². The highest BCUT2D eigenvalue weighted by Crippen LogP contribution is 2.46. The molecule has 1 heterocycles. The number of phenols is 2. The summed E-state index contributed by atoms with van der Waals surface area (Å²) in [4.78, 5) is 14.9. The number of phenolic OH excluding ortho intramolecular Hbond substituents is 2. The zero-order valence-electron chi connectivity index (χ0n) is 14.0. The summed E-state index contributed by atoms with van der Waals surface area (Å²) in [7, 11) is 0. The van der Waals surface area contributed by atoms with E-state index in [4.69, 9.17) is 11.6 Å². The number of fused-ring (bicyclic) bond motifs is 3. The maximum Gasteiger partial charge on any atom is 0.262 e. The van der Waals surface area contributed by atoms with Crippen LogP contribution in [0.3, 0.4) is 0 Å². The molecule has 3 aromatic carbocycles. The van der Waals surface area contributed by atoms with Gasteiger partial charge < -0.3 is 15.1 Å². The Balaban J connectivity index is 1.92. The maximum atomic E-state index is 13.3. The van der Waals surface area contributed by atoms with Crippen LogP contribution >= 0.6 is 11.6 Å². The summed E-state index contributed by atoms with van der Waals surface area (Å²) in [6, 6.07) is 17.1. The number of halogens is 1. The van der Waals surface area contributed by atoms with E-state index in [0.717, 1.165) is 22.8 Å². The monoisotopic (exact) mass is 365 g/mol. The highest BCUT2D eigenvalue weighted by molar-refractivity contribution is 6.31. The summed E-state index contributed by atoms with van der Waals surface area (Å²) >= 11 is 6.20. The van der Waals surface area contributed by atoms with Crippen LogP contribution in [0.5, 0.6) is 11.5 Å². The Bertz CT molecular complexity index is 1030. The van der Waals surface area contributed by atoms with Gasteiger partial charge in [0.25, 0.3) is 5.91 Å². The zero-order valence-corrected chi connectivity index (χ0v) is 14.7. The molecule has 0 fully saturated rings. The number of hydrogen-bond acceptors (Lipinski definition) is 3. The second-order valence-corrected chi connectivity index (χ2v) is 6.74. The van der Waals surface area contributed by atoms with Gasteiger partial charge in [-0.05, 0) is 42.3 Å². The standard InChI is InChI=1S/C21H16ClNO3/c1-12-15-4-2-3-5-16(15)17-8-6-13(22)10-19(17)23(12)21(26)18-9-7-14(24)11-20(18)25/h2-12,24-25H,1H3/t12-/m0/s1. The number of carbonyl (C=O) groups excluding carboxylic acids is 1. The van der Waals surface area contributed by atoms with E-state index in [2.05, 4.69) is 0 Å². The van der Waals surface area contributed by atoms with Crippen LogP contribution in [-0.4, -0.2) is 16.1 Å². The molecule has 5 heteroatoms. The number of benzene rings is 3. The first-order valence-electron chi connectivity index (χ1n) is 8.22. The van der Waals surface area contributed by atoms with Crippen molar-refractivity contribution in [2.75, 3.05) is 4.90 Å². The van der Waals surface area contributed by atoms with Crippen LogP contribution in [-0.2, 0) is 0 Å². The van der Waals surface area contributed by atoms with E-state index in [0.29, 0.717) is 10.7 Å².